The molecule has 1 saturated heterocycles. The third-order valence-corrected chi connectivity index (χ3v) is 6.98. The van der Waals surface area contributed by atoms with Crippen molar-refractivity contribution in [2.75, 3.05) is 11.5 Å². The van der Waals surface area contributed by atoms with Crippen molar-refractivity contribution in [2.45, 2.75) is 20.5 Å². The van der Waals surface area contributed by atoms with Gasteiger partial charge in [0.15, 0.2) is 11.5 Å². The Balaban J connectivity index is 1.68. The van der Waals surface area contributed by atoms with E-state index in [9.17, 15) is 14.4 Å². The highest BCUT2D eigenvalue weighted by Crippen LogP contribution is 2.36. The summed E-state index contributed by atoms with van der Waals surface area (Å²) in [6.07, 6.45) is 1.39. The van der Waals surface area contributed by atoms with Crippen LogP contribution < -0.4 is 19.7 Å². The molecule has 37 heavy (non-hydrogen) atoms. The maximum atomic E-state index is 13.3. The Morgan fingerprint density at radius 3 is 2.41 bits per heavy atom. The normalized spacial score (nSPS) is 14.7. The summed E-state index contributed by atoms with van der Waals surface area (Å²) in [6.45, 7) is 4.19. The van der Waals surface area contributed by atoms with Crippen LogP contribution in [0.2, 0.25) is 10.0 Å². The molecule has 0 aliphatic carbocycles. The number of nitrogens with one attached hydrogen (secondary N) is 1. The van der Waals surface area contributed by atoms with Gasteiger partial charge in [0, 0.05) is 20.1 Å². The molecule has 3 aromatic carbocycles. The predicted molar refractivity (Wildman–Crippen MR) is 146 cm³/mol. The number of rotatable bonds is 7. The molecule has 10 heteroatoms. The molecule has 7 nitrogen and oxygen atoms in total. The molecule has 0 unspecified atom stereocenters. The number of aryl methyl sites for hydroxylation is 1. The summed E-state index contributed by atoms with van der Waals surface area (Å²) in [7, 11) is 0. The fraction of sp³-hybridized carbons (Fsp3) is 0.148. The summed E-state index contributed by atoms with van der Waals surface area (Å²) in [5, 5.41) is 3.18. The number of anilines is 1. The number of urea groups is 1. The van der Waals surface area contributed by atoms with Gasteiger partial charge >= 0.3 is 6.03 Å². The molecular formula is C27H21BrCl2N2O5. The van der Waals surface area contributed by atoms with Crippen LogP contribution in [0.15, 0.2) is 64.6 Å². The summed E-state index contributed by atoms with van der Waals surface area (Å²) in [5.41, 5.74) is 2.08. The van der Waals surface area contributed by atoms with Crippen molar-refractivity contribution in [3.8, 4) is 11.5 Å². The molecule has 1 N–H and O–H groups in total. The fourth-order valence-corrected chi connectivity index (χ4v) is 4.38. The zero-order chi connectivity index (χ0) is 26.7. The third kappa shape index (κ3) is 5.82. The van der Waals surface area contributed by atoms with E-state index in [1.165, 1.54) is 12.1 Å². The monoisotopic (exact) mass is 602 g/mol. The van der Waals surface area contributed by atoms with Crippen molar-refractivity contribution in [1.29, 1.82) is 0 Å². The lowest BCUT2D eigenvalue weighted by molar-refractivity contribution is -0.122. The smallest absolute Gasteiger partial charge is 0.335 e. The average molecular weight is 604 g/mol. The van der Waals surface area contributed by atoms with Gasteiger partial charge in [-0.25, -0.2) is 9.69 Å². The van der Waals surface area contributed by atoms with Gasteiger partial charge in [-0.3, -0.25) is 14.9 Å². The molecule has 1 aliphatic heterocycles. The van der Waals surface area contributed by atoms with E-state index in [-0.39, 0.29) is 17.9 Å². The van der Waals surface area contributed by atoms with Crippen LogP contribution in [-0.2, 0) is 16.2 Å². The Kier molecular flexibility index (Phi) is 8.22. The van der Waals surface area contributed by atoms with Crippen LogP contribution in [0.5, 0.6) is 11.5 Å². The Morgan fingerprint density at radius 2 is 1.70 bits per heavy atom. The number of carbonyl (C=O) groups excluding carboxylic acids is 3. The van der Waals surface area contributed by atoms with Crippen LogP contribution in [0.1, 0.15) is 23.6 Å². The number of amides is 4. The number of imide groups is 2. The number of halogens is 3. The Bertz CT molecular complexity index is 1440. The molecule has 0 bridgehead atoms. The molecular weight excluding hydrogens is 583 g/mol. The first kappa shape index (κ1) is 26.7. The zero-order valence-corrected chi connectivity index (χ0v) is 22.9. The lowest BCUT2D eigenvalue weighted by Crippen LogP contribution is -2.54. The van der Waals surface area contributed by atoms with Gasteiger partial charge in [-0.2, -0.15) is 0 Å². The van der Waals surface area contributed by atoms with Gasteiger partial charge in [-0.05, 0) is 61.4 Å². The van der Waals surface area contributed by atoms with Gasteiger partial charge in [0.2, 0.25) is 0 Å². The molecule has 0 spiro atoms. The third-order valence-electron chi connectivity index (χ3n) is 5.52. The van der Waals surface area contributed by atoms with E-state index >= 15 is 0 Å². The summed E-state index contributed by atoms with van der Waals surface area (Å²) in [5.74, 6) is -0.737. The van der Waals surface area contributed by atoms with Crippen molar-refractivity contribution >= 4 is 68.7 Å². The maximum Gasteiger partial charge on any atom is 0.335 e. The van der Waals surface area contributed by atoms with Gasteiger partial charge in [0.25, 0.3) is 11.8 Å². The van der Waals surface area contributed by atoms with Crippen molar-refractivity contribution in [1.82, 2.24) is 5.32 Å². The number of ether oxygens (including phenoxy) is 2. The van der Waals surface area contributed by atoms with E-state index in [0.717, 1.165) is 16.0 Å². The second kappa shape index (κ2) is 11.4. The zero-order valence-electron chi connectivity index (χ0n) is 19.8. The number of hydrogen-bond donors (Lipinski definition) is 1. The largest absolute Gasteiger partial charge is 0.490 e. The van der Waals surface area contributed by atoms with Crippen molar-refractivity contribution in [3.05, 3.63) is 91.4 Å². The molecule has 3 aromatic rings. The standard InChI is InChI=1S/C27H21BrCl2N2O5/c1-3-36-23-11-17(20(28)13-24(23)37-14-16-6-4-5-7-21(16)29)10-19-25(33)31-27(35)32(26(19)34)18-9-8-15(2)22(30)12-18/h4-13H,3,14H2,1-2H3,(H,31,33,35)/b19-10-. The summed E-state index contributed by atoms with van der Waals surface area (Å²) < 4.78 is 12.3. The molecule has 1 heterocycles. The van der Waals surface area contributed by atoms with Gasteiger partial charge in [-0.15, -0.1) is 0 Å². The van der Waals surface area contributed by atoms with Crippen molar-refractivity contribution in [3.63, 3.8) is 0 Å². The number of hydrogen-bond acceptors (Lipinski definition) is 5. The average Bonchev–Trinajstić information content (AvgIpc) is 2.85. The minimum Gasteiger partial charge on any atom is -0.490 e. The Morgan fingerprint density at radius 1 is 0.973 bits per heavy atom. The topological polar surface area (TPSA) is 84.9 Å². The number of nitrogens with zero attached hydrogens (tertiary/aromatic N) is 1. The SMILES string of the molecule is CCOc1cc(/C=C2/C(=O)NC(=O)N(c3ccc(C)c(Cl)c3)C2=O)c(Br)cc1OCc1ccccc1Cl. The van der Waals surface area contributed by atoms with E-state index in [1.54, 1.807) is 37.3 Å². The highest BCUT2D eigenvalue weighted by atomic mass is 79.9. The summed E-state index contributed by atoms with van der Waals surface area (Å²) in [6, 6.07) is 14.6. The molecule has 0 saturated carbocycles. The van der Waals surface area contributed by atoms with Crippen LogP contribution in [0.4, 0.5) is 10.5 Å². The molecule has 0 aromatic heterocycles. The minimum absolute atomic E-state index is 0.212. The van der Waals surface area contributed by atoms with E-state index in [1.807, 2.05) is 25.1 Å². The van der Waals surface area contributed by atoms with Crippen LogP contribution in [0.3, 0.4) is 0 Å². The van der Waals surface area contributed by atoms with Crippen LogP contribution in [-0.4, -0.2) is 24.5 Å². The molecule has 1 fully saturated rings. The lowest BCUT2D eigenvalue weighted by Gasteiger charge is -2.26. The Labute approximate surface area is 232 Å². The fourth-order valence-electron chi connectivity index (χ4n) is 3.58. The molecule has 4 amide bonds. The highest BCUT2D eigenvalue weighted by molar-refractivity contribution is 9.10. The van der Waals surface area contributed by atoms with E-state index in [0.29, 0.717) is 38.2 Å². The van der Waals surface area contributed by atoms with Gasteiger partial charge in [0.1, 0.15) is 12.2 Å². The molecule has 1 aliphatic rings. The van der Waals surface area contributed by atoms with Crippen LogP contribution >= 0.6 is 39.1 Å². The molecule has 4 rings (SSSR count). The lowest BCUT2D eigenvalue weighted by atomic mass is 10.1. The van der Waals surface area contributed by atoms with Crippen LogP contribution in [0, 0.1) is 6.92 Å². The number of carbonyl (C=O) groups is 3. The van der Waals surface area contributed by atoms with E-state index in [4.69, 9.17) is 32.7 Å². The van der Waals surface area contributed by atoms with Crippen molar-refractivity contribution in [2.24, 2.45) is 0 Å². The number of barbiturate groups is 1. The summed E-state index contributed by atoms with van der Waals surface area (Å²) in [4.78, 5) is 39.3. The molecule has 0 radical (unpaired) electrons. The highest BCUT2D eigenvalue weighted by Gasteiger charge is 2.37. The van der Waals surface area contributed by atoms with E-state index in [2.05, 4.69) is 21.2 Å². The molecule has 190 valence electrons. The summed E-state index contributed by atoms with van der Waals surface area (Å²) >= 11 is 15.9. The van der Waals surface area contributed by atoms with Gasteiger partial charge < -0.3 is 9.47 Å². The maximum absolute atomic E-state index is 13.3. The second-order valence-electron chi connectivity index (χ2n) is 8.02. The van der Waals surface area contributed by atoms with Gasteiger partial charge in [-0.1, -0.05) is 63.4 Å². The Hall–Kier alpha value is -3.33. The predicted octanol–water partition coefficient (Wildman–Crippen LogP) is 6.71. The first-order chi connectivity index (χ1) is 17.7. The number of benzene rings is 3. The van der Waals surface area contributed by atoms with Crippen LogP contribution in [0.25, 0.3) is 6.08 Å². The van der Waals surface area contributed by atoms with Gasteiger partial charge in [0.05, 0.1) is 12.3 Å². The van der Waals surface area contributed by atoms with Crippen molar-refractivity contribution < 1.29 is 23.9 Å². The second-order valence-corrected chi connectivity index (χ2v) is 9.69. The quantitative estimate of drug-likeness (QED) is 0.240. The minimum atomic E-state index is -0.857. The molecule has 0 atom stereocenters. The first-order valence-corrected chi connectivity index (χ1v) is 12.7. The van der Waals surface area contributed by atoms with E-state index < -0.39 is 17.8 Å². The first-order valence-electron chi connectivity index (χ1n) is 11.2.